The first-order valence-corrected chi connectivity index (χ1v) is 14.1. The molecule has 5 heteroatoms. The average Bonchev–Trinajstić information content (AvgIpc) is 3.16. The molecular weight excluding hydrogens is 440 g/mol. The molecule has 1 N–H and O–H groups in total. The monoisotopic (exact) mass is 484 g/mol. The van der Waals surface area contributed by atoms with Crippen molar-refractivity contribution in [2.75, 3.05) is 0 Å². The topological polar surface area (TPSA) is 72.8 Å². The van der Waals surface area contributed by atoms with Crippen molar-refractivity contribution in [2.24, 2.45) is 17.3 Å². The third kappa shape index (κ3) is 5.54. The molecule has 0 bridgehead atoms. The maximum atomic E-state index is 12.6. The summed E-state index contributed by atoms with van der Waals surface area (Å²) in [4.78, 5) is 25.1. The van der Waals surface area contributed by atoms with Crippen LogP contribution in [0.2, 0.25) is 0 Å². The molecule has 2 saturated carbocycles. The Hall–Kier alpha value is -2.04. The van der Waals surface area contributed by atoms with Gasteiger partial charge >= 0.3 is 11.9 Å². The lowest BCUT2D eigenvalue weighted by molar-refractivity contribution is -0.157. The molecule has 1 aromatic rings. The van der Waals surface area contributed by atoms with Crippen molar-refractivity contribution in [3.8, 4) is 11.5 Å². The fourth-order valence-corrected chi connectivity index (χ4v) is 7.31. The third-order valence-corrected chi connectivity index (χ3v) is 9.15. The maximum Gasteiger partial charge on any atom is 0.311 e. The van der Waals surface area contributed by atoms with Crippen LogP contribution in [0.15, 0.2) is 12.1 Å². The van der Waals surface area contributed by atoms with E-state index in [9.17, 15) is 14.7 Å². The Labute approximate surface area is 211 Å². The number of hydrogen-bond donors (Lipinski definition) is 1. The highest BCUT2D eigenvalue weighted by Crippen LogP contribution is 2.62. The van der Waals surface area contributed by atoms with Crippen molar-refractivity contribution in [1.82, 2.24) is 0 Å². The molecule has 35 heavy (non-hydrogen) atoms. The van der Waals surface area contributed by atoms with E-state index in [-0.39, 0.29) is 29.2 Å². The molecule has 3 aliphatic rings. The van der Waals surface area contributed by atoms with E-state index in [1.54, 1.807) is 6.07 Å². The molecule has 0 radical (unpaired) electrons. The van der Waals surface area contributed by atoms with E-state index in [1.165, 1.54) is 0 Å². The zero-order valence-electron chi connectivity index (χ0n) is 21.9. The molecule has 1 aromatic carbocycles. The molecule has 194 valence electrons. The van der Waals surface area contributed by atoms with E-state index >= 15 is 0 Å². The van der Waals surface area contributed by atoms with Crippen LogP contribution in [0, 0.1) is 17.3 Å². The Morgan fingerprint density at radius 2 is 1.74 bits per heavy atom. The molecule has 0 aromatic heterocycles. The summed E-state index contributed by atoms with van der Waals surface area (Å²) in [5.41, 5.74) is 2.30. The van der Waals surface area contributed by atoms with Crippen molar-refractivity contribution in [3.63, 3.8) is 0 Å². The summed E-state index contributed by atoms with van der Waals surface area (Å²) in [5.74, 6) is 1.83. The van der Waals surface area contributed by atoms with Crippen LogP contribution in [-0.4, -0.2) is 23.1 Å². The van der Waals surface area contributed by atoms with Gasteiger partial charge in [0.1, 0.15) is 17.6 Å². The normalized spacial score (nSPS) is 29.1. The van der Waals surface area contributed by atoms with Crippen molar-refractivity contribution < 1.29 is 24.2 Å². The van der Waals surface area contributed by atoms with Crippen LogP contribution in [0.25, 0.3) is 0 Å². The predicted molar refractivity (Wildman–Crippen MR) is 137 cm³/mol. The number of phenolic OH excluding ortho intramolecular Hbond substituents is 1. The number of carbonyl (C=O) groups is 2. The van der Waals surface area contributed by atoms with E-state index in [4.69, 9.17) is 9.47 Å². The lowest BCUT2D eigenvalue weighted by atomic mass is 9.55. The van der Waals surface area contributed by atoms with Crippen LogP contribution < -0.4 is 4.74 Å². The van der Waals surface area contributed by atoms with E-state index in [0.29, 0.717) is 36.3 Å². The predicted octanol–water partition coefficient (Wildman–Crippen LogP) is 7.23. The lowest BCUT2D eigenvalue weighted by Crippen LogP contribution is -2.45. The largest absolute Gasteiger partial charge is 0.508 e. The fourth-order valence-electron chi connectivity index (χ4n) is 7.31. The average molecular weight is 485 g/mol. The van der Waals surface area contributed by atoms with Gasteiger partial charge in [0, 0.05) is 29.9 Å². The second-order valence-corrected chi connectivity index (χ2v) is 11.4. The zero-order chi connectivity index (χ0) is 25.0. The SMILES string of the molecule is CCCCCCC(=O)Oc1cc(O)cc2c1[C@H]1CC[C@]3(C)[C@@H](OC(=O)CCCC)CC[C@H]3[C@H]1CC2. The number of ether oxygens (including phenoxy) is 2. The minimum Gasteiger partial charge on any atom is -0.508 e. The number of fused-ring (bicyclic) bond motifs is 5. The van der Waals surface area contributed by atoms with E-state index in [0.717, 1.165) is 88.2 Å². The van der Waals surface area contributed by atoms with Gasteiger partial charge in [0.05, 0.1) is 0 Å². The molecule has 4 rings (SSSR count). The molecule has 0 aliphatic heterocycles. The zero-order valence-corrected chi connectivity index (χ0v) is 21.9. The summed E-state index contributed by atoms with van der Waals surface area (Å²) >= 11 is 0. The summed E-state index contributed by atoms with van der Waals surface area (Å²) in [6.07, 6.45) is 13.0. The second kappa shape index (κ2) is 11.3. The molecular formula is C30H44O5. The van der Waals surface area contributed by atoms with Crippen molar-refractivity contribution in [1.29, 1.82) is 0 Å². The van der Waals surface area contributed by atoms with Gasteiger partial charge < -0.3 is 14.6 Å². The van der Waals surface area contributed by atoms with Gasteiger partial charge in [-0.25, -0.2) is 0 Å². The Bertz CT molecular complexity index is 908. The molecule has 0 unspecified atom stereocenters. The molecule has 0 heterocycles. The highest BCUT2D eigenvalue weighted by molar-refractivity contribution is 5.73. The number of rotatable bonds is 10. The third-order valence-electron chi connectivity index (χ3n) is 9.15. The first kappa shape index (κ1) is 26.0. The fraction of sp³-hybridized carbons (Fsp3) is 0.733. The van der Waals surface area contributed by atoms with Gasteiger partial charge in [0.15, 0.2) is 0 Å². The Morgan fingerprint density at radius 1 is 0.971 bits per heavy atom. The van der Waals surface area contributed by atoms with Gasteiger partial charge in [-0.2, -0.15) is 0 Å². The lowest BCUT2D eigenvalue weighted by Gasteiger charge is -2.50. The molecule has 0 saturated heterocycles. The molecule has 5 atom stereocenters. The first-order chi connectivity index (χ1) is 16.9. The number of aromatic hydroxyl groups is 1. The van der Waals surface area contributed by atoms with Crippen LogP contribution in [0.4, 0.5) is 0 Å². The van der Waals surface area contributed by atoms with E-state index in [1.807, 2.05) is 6.07 Å². The first-order valence-electron chi connectivity index (χ1n) is 14.1. The molecule has 5 nitrogen and oxygen atoms in total. The van der Waals surface area contributed by atoms with Crippen molar-refractivity contribution >= 4 is 11.9 Å². The number of benzene rings is 1. The summed E-state index contributed by atoms with van der Waals surface area (Å²) < 4.78 is 11.9. The summed E-state index contributed by atoms with van der Waals surface area (Å²) in [6.45, 7) is 6.59. The Balaban J connectivity index is 1.50. The molecule has 3 aliphatic carbocycles. The smallest absolute Gasteiger partial charge is 0.311 e. The van der Waals surface area contributed by atoms with Crippen LogP contribution in [0.3, 0.4) is 0 Å². The Kier molecular flexibility index (Phi) is 8.44. The highest BCUT2D eigenvalue weighted by atomic mass is 16.5. The van der Waals surface area contributed by atoms with Crippen LogP contribution >= 0.6 is 0 Å². The number of esters is 2. The van der Waals surface area contributed by atoms with Gasteiger partial charge in [-0.3, -0.25) is 9.59 Å². The number of carbonyl (C=O) groups excluding carboxylic acids is 2. The maximum absolute atomic E-state index is 12.6. The van der Waals surface area contributed by atoms with Gasteiger partial charge in [0.25, 0.3) is 0 Å². The minimum absolute atomic E-state index is 0.0134. The van der Waals surface area contributed by atoms with Gasteiger partial charge in [-0.05, 0) is 80.8 Å². The molecule has 0 amide bonds. The number of phenols is 1. The summed E-state index contributed by atoms with van der Waals surface area (Å²) in [7, 11) is 0. The quantitative estimate of drug-likeness (QED) is 0.215. The number of aryl methyl sites for hydroxylation is 1. The van der Waals surface area contributed by atoms with Crippen LogP contribution in [0.1, 0.15) is 121 Å². The van der Waals surface area contributed by atoms with E-state index in [2.05, 4.69) is 20.8 Å². The van der Waals surface area contributed by atoms with Crippen LogP contribution in [-0.2, 0) is 20.7 Å². The van der Waals surface area contributed by atoms with Crippen LogP contribution in [0.5, 0.6) is 11.5 Å². The van der Waals surface area contributed by atoms with Crippen molar-refractivity contribution in [3.05, 3.63) is 23.3 Å². The summed E-state index contributed by atoms with van der Waals surface area (Å²) in [5, 5.41) is 10.4. The van der Waals surface area contributed by atoms with Gasteiger partial charge in [0.2, 0.25) is 0 Å². The number of unbranched alkanes of at least 4 members (excludes halogenated alkanes) is 4. The number of hydrogen-bond acceptors (Lipinski definition) is 5. The molecule has 2 fully saturated rings. The highest BCUT2D eigenvalue weighted by Gasteiger charge is 2.56. The second-order valence-electron chi connectivity index (χ2n) is 11.4. The summed E-state index contributed by atoms with van der Waals surface area (Å²) in [6, 6.07) is 3.51. The minimum atomic E-state index is -0.198. The molecule has 0 spiro atoms. The van der Waals surface area contributed by atoms with Crippen molar-refractivity contribution in [2.45, 2.75) is 123 Å². The van der Waals surface area contributed by atoms with E-state index < -0.39 is 0 Å². The van der Waals surface area contributed by atoms with Gasteiger partial charge in [-0.1, -0.05) is 46.5 Å². The Morgan fingerprint density at radius 3 is 2.51 bits per heavy atom. The van der Waals surface area contributed by atoms with Gasteiger partial charge in [-0.15, -0.1) is 0 Å². The standard InChI is InChI=1S/C30H44O5/c1-4-6-8-9-11-27(32)34-25-19-21(31)18-20-12-13-22-23(29(20)25)16-17-30(3)24(22)14-15-26(30)35-28(33)10-7-5-2/h18-19,22-24,26,31H,4-17H2,1-3H3/t22-,23-,24-,26-,30-/m0/s1.